The molecule has 2 saturated heterocycles. The van der Waals surface area contributed by atoms with Crippen LogP contribution >= 0.6 is 0 Å². The van der Waals surface area contributed by atoms with Gasteiger partial charge in [0, 0.05) is 32.0 Å². The minimum atomic E-state index is 0.0327. The van der Waals surface area contributed by atoms with Crippen molar-refractivity contribution >= 4 is 39.5 Å². The lowest BCUT2D eigenvalue weighted by molar-refractivity contribution is 0.155. The lowest BCUT2D eigenvalue weighted by atomic mass is 9.84. The average Bonchev–Trinajstić information content (AvgIpc) is 3.54. The lowest BCUT2D eigenvalue weighted by Gasteiger charge is -2.49. The van der Waals surface area contributed by atoms with Gasteiger partial charge in [-0.25, -0.2) is 24.9 Å². The highest BCUT2D eigenvalue weighted by atomic mass is 16.5. The molecule has 7 rings (SSSR count). The number of hydrogen-bond acceptors (Lipinski definition) is 9. The first-order valence-electron chi connectivity index (χ1n) is 12.4. The monoisotopic (exact) mass is 494 g/mol. The molecule has 10 heteroatoms. The molecule has 2 fully saturated rings. The van der Waals surface area contributed by atoms with Crippen molar-refractivity contribution in [2.75, 3.05) is 30.0 Å². The van der Waals surface area contributed by atoms with Gasteiger partial charge in [-0.1, -0.05) is 0 Å². The largest absolute Gasteiger partial charge is 0.457 e. The summed E-state index contributed by atoms with van der Waals surface area (Å²) in [6, 6.07) is 11.9. The summed E-state index contributed by atoms with van der Waals surface area (Å²) in [7, 11) is 1.98. The van der Waals surface area contributed by atoms with E-state index in [0.29, 0.717) is 22.8 Å². The zero-order chi connectivity index (χ0) is 25.0. The molecule has 0 saturated carbocycles. The molecule has 3 aromatic heterocycles. The molecule has 2 aliphatic heterocycles. The number of imidazole rings is 1. The third kappa shape index (κ3) is 3.72. The predicted octanol–water partition coefficient (Wildman–Crippen LogP) is 4.52. The highest BCUT2D eigenvalue weighted by molar-refractivity contribution is 5.87. The minimum absolute atomic E-state index is 0.0327. The van der Waals surface area contributed by atoms with E-state index in [1.807, 2.05) is 54.9 Å². The van der Waals surface area contributed by atoms with Gasteiger partial charge in [-0.2, -0.15) is 0 Å². The standard InChI is InChI=1S/C27H26N8O2/c1-17-11-18(3-6-23(17)37-19-4-5-22-20(12-19)31-16-34(22)2)32-25-24-21(29-15-30-25)13-28-26(33-24)35-9-7-27(35)8-10-36-14-27/h3-6,11-13,15-16H,7-10,14H2,1-2H3,(H,29,30,32). The van der Waals surface area contributed by atoms with Crippen LogP contribution in [-0.2, 0) is 11.8 Å². The van der Waals surface area contributed by atoms with E-state index in [2.05, 4.69) is 30.2 Å². The molecule has 0 radical (unpaired) electrons. The highest BCUT2D eigenvalue weighted by Gasteiger charge is 2.48. The van der Waals surface area contributed by atoms with Crippen molar-refractivity contribution in [3.05, 3.63) is 60.8 Å². The zero-order valence-electron chi connectivity index (χ0n) is 20.7. The van der Waals surface area contributed by atoms with Crippen molar-refractivity contribution in [3.63, 3.8) is 0 Å². The first-order valence-corrected chi connectivity index (χ1v) is 12.4. The second-order valence-electron chi connectivity index (χ2n) is 9.77. The molecule has 0 aliphatic carbocycles. The van der Waals surface area contributed by atoms with E-state index in [1.165, 1.54) is 6.33 Å². The van der Waals surface area contributed by atoms with Crippen molar-refractivity contribution in [2.24, 2.45) is 7.05 Å². The Morgan fingerprint density at radius 3 is 2.78 bits per heavy atom. The molecular formula is C27H26N8O2. The van der Waals surface area contributed by atoms with Crippen LogP contribution in [0.3, 0.4) is 0 Å². The summed E-state index contributed by atoms with van der Waals surface area (Å²) < 4.78 is 13.8. The Morgan fingerprint density at radius 2 is 1.97 bits per heavy atom. The fourth-order valence-electron chi connectivity index (χ4n) is 5.21. The molecule has 1 unspecified atom stereocenters. The van der Waals surface area contributed by atoms with E-state index in [-0.39, 0.29) is 5.54 Å². The number of fused-ring (bicyclic) bond motifs is 2. The number of rotatable bonds is 5. The molecule has 1 spiro atoms. The van der Waals surface area contributed by atoms with Crippen LogP contribution in [0, 0.1) is 6.92 Å². The van der Waals surface area contributed by atoms with Crippen molar-refractivity contribution in [1.29, 1.82) is 0 Å². The van der Waals surface area contributed by atoms with Gasteiger partial charge < -0.3 is 24.3 Å². The van der Waals surface area contributed by atoms with Gasteiger partial charge in [0.05, 0.1) is 35.7 Å². The molecule has 2 aliphatic rings. The van der Waals surface area contributed by atoms with Crippen LogP contribution in [0.5, 0.6) is 11.5 Å². The smallest absolute Gasteiger partial charge is 0.226 e. The Labute approximate surface area is 213 Å². The van der Waals surface area contributed by atoms with Crippen molar-refractivity contribution in [2.45, 2.75) is 25.3 Å². The zero-order valence-corrected chi connectivity index (χ0v) is 20.7. The number of aryl methyl sites for hydroxylation is 2. The molecule has 1 N–H and O–H groups in total. The maximum absolute atomic E-state index is 6.17. The van der Waals surface area contributed by atoms with Gasteiger partial charge >= 0.3 is 0 Å². The third-order valence-electron chi connectivity index (χ3n) is 7.42. The van der Waals surface area contributed by atoms with E-state index in [4.69, 9.17) is 14.5 Å². The van der Waals surface area contributed by atoms with Crippen LogP contribution in [-0.4, -0.2) is 54.8 Å². The maximum Gasteiger partial charge on any atom is 0.226 e. The van der Waals surface area contributed by atoms with E-state index in [0.717, 1.165) is 66.4 Å². The van der Waals surface area contributed by atoms with Gasteiger partial charge in [0.25, 0.3) is 0 Å². The number of hydrogen-bond donors (Lipinski definition) is 1. The molecule has 5 heterocycles. The summed E-state index contributed by atoms with van der Waals surface area (Å²) in [4.78, 5) is 25.0. The minimum Gasteiger partial charge on any atom is -0.457 e. The molecule has 10 nitrogen and oxygen atoms in total. The SMILES string of the molecule is Cc1cc(Nc2ncnc3cnc(N4CCC45CCOC5)nc23)ccc1Oc1ccc2c(c1)ncn2C. The van der Waals surface area contributed by atoms with Crippen molar-refractivity contribution in [3.8, 4) is 11.5 Å². The van der Waals surface area contributed by atoms with Gasteiger partial charge in [0.2, 0.25) is 5.95 Å². The van der Waals surface area contributed by atoms with Crippen molar-refractivity contribution < 1.29 is 9.47 Å². The normalized spacial score (nSPS) is 19.0. The highest BCUT2D eigenvalue weighted by Crippen LogP contribution is 2.40. The Morgan fingerprint density at radius 1 is 1.03 bits per heavy atom. The number of anilines is 3. The topological polar surface area (TPSA) is 103 Å². The predicted molar refractivity (Wildman–Crippen MR) is 141 cm³/mol. The van der Waals surface area contributed by atoms with Crippen LogP contribution in [0.15, 0.2) is 55.2 Å². The lowest BCUT2D eigenvalue weighted by Crippen LogP contribution is -2.61. The van der Waals surface area contributed by atoms with Gasteiger partial charge in [-0.15, -0.1) is 0 Å². The summed E-state index contributed by atoms with van der Waals surface area (Å²) in [6.45, 7) is 4.47. The van der Waals surface area contributed by atoms with Crippen LogP contribution < -0.4 is 15.0 Å². The first kappa shape index (κ1) is 21.9. The fourth-order valence-corrected chi connectivity index (χ4v) is 5.21. The number of ether oxygens (including phenoxy) is 2. The van der Waals surface area contributed by atoms with E-state index < -0.39 is 0 Å². The van der Waals surface area contributed by atoms with E-state index >= 15 is 0 Å². The van der Waals surface area contributed by atoms with Gasteiger partial charge in [-0.3, -0.25) is 0 Å². The Hall–Kier alpha value is -4.31. The summed E-state index contributed by atoms with van der Waals surface area (Å²) in [5.41, 5.74) is 5.25. The fraction of sp³-hybridized carbons (Fsp3) is 0.296. The average molecular weight is 495 g/mol. The molecule has 0 amide bonds. The molecule has 5 aromatic rings. The van der Waals surface area contributed by atoms with Crippen LogP contribution in [0.25, 0.3) is 22.1 Å². The molecule has 2 aromatic carbocycles. The van der Waals surface area contributed by atoms with Gasteiger partial charge in [0.15, 0.2) is 5.82 Å². The molecule has 1 atom stereocenters. The first-order chi connectivity index (χ1) is 18.1. The summed E-state index contributed by atoms with van der Waals surface area (Å²) in [5, 5.41) is 3.42. The number of nitrogens with zero attached hydrogens (tertiary/aromatic N) is 7. The third-order valence-corrected chi connectivity index (χ3v) is 7.42. The van der Waals surface area contributed by atoms with Crippen LogP contribution in [0.2, 0.25) is 0 Å². The molecule has 186 valence electrons. The van der Waals surface area contributed by atoms with Gasteiger partial charge in [-0.05, 0) is 55.7 Å². The second kappa shape index (κ2) is 8.38. The second-order valence-corrected chi connectivity index (χ2v) is 9.77. The van der Waals surface area contributed by atoms with E-state index in [1.54, 1.807) is 12.5 Å². The van der Waals surface area contributed by atoms with Gasteiger partial charge in [0.1, 0.15) is 28.9 Å². The molecular weight excluding hydrogens is 468 g/mol. The number of nitrogens with one attached hydrogen (secondary N) is 1. The van der Waals surface area contributed by atoms with Crippen LogP contribution in [0.1, 0.15) is 18.4 Å². The van der Waals surface area contributed by atoms with E-state index in [9.17, 15) is 0 Å². The summed E-state index contributed by atoms with van der Waals surface area (Å²) in [5.74, 6) is 2.86. The van der Waals surface area contributed by atoms with Crippen molar-refractivity contribution in [1.82, 2.24) is 29.5 Å². The maximum atomic E-state index is 6.17. The Kier molecular flexibility index (Phi) is 4.97. The number of aromatic nitrogens is 6. The number of benzene rings is 2. The molecule has 37 heavy (non-hydrogen) atoms. The quantitative estimate of drug-likeness (QED) is 0.378. The van der Waals surface area contributed by atoms with Crippen LogP contribution in [0.4, 0.5) is 17.5 Å². The summed E-state index contributed by atoms with van der Waals surface area (Å²) in [6.07, 6.45) is 7.22. The summed E-state index contributed by atoms with van der Waals surface area (Å²) >= 11 is 0. The Bertz CT molecular complexity index is 1640. The Balaban J connectivity index is 1.14. The molecule has 0 bridgehead atoms.